The van der Waals surface area contributed by atoms with Gasteiger partial charge in [-0.05, 0) is 28.1 Å². The van der Waals surface area contributed by atoms with Gasteiger partial charge in [-0.25, -0.2) is 4.79 Å². The molecule has 0 bridgehead atoms. The fourth-order valence-electron chi connectivity index (χ4n) is 1.63. The number of carbonyl (C=O) groups excluding carboxylic acids is 1. The van der Waals surface area contributed by atoms with Crippen LogP contribution in [0.3, 0.4) is 0 Å². The fraction of sp³-hybridized carbons (Fsp3) is 0.214. The van der Waals surface area contributed by atoms with Gasteiger partial charge in [-0.15, -0.1) is 0 Å². The van der Waals surface area contributed by atoms with Crippen LogP contribution in [0, 0.1) is 0 Å². The Hall–Kier alpha value is -2.35. The minimum atomic E-state index is -0.544. The minimum Gasteiger partial charge on any atom is -0.481 e. The molecule has 0 saturated heterocycles. The Kier molecular flexibility index (Phi) is 5.16. The molecule has 0 radical (unpaired) electrons. The molecule has 0 aliphatic carbocycles. The van der Waals surface area contributed by atoms with E-state index in [2.05, 4.69) is 25.9 Å². The Morgan fingerprint density at radius 3 is 2.27 bits per heavy atom. The number of benzene rings is 1. The molecule has 1 aromatic heterocycles. The second kappa shape index (κ2) is 7.08. The first kappa shape index (κ1) is 16.0. The average Bonchev–Trinajstić information content (AvgIpc) is 2.54. The first-order valence-corrected chi connectivity index (χ1v) is 6.90. The first-order chi connectivity index (χ1) is 10.6. The van der Waals surface area contributed by atoms with E-state index in [1.54, 1.807) is 18.2 Å². The van der Waals surface area contributed by atoms with E-state index < -0.39 is 5.97 Å². The zero-order chi connectivity index (χ0) is 16.1. The maximum Gasteiger partial charge on any atom is 0.342 e. The Morgan fingerprint density at radius 1 is 1.09 bits per heavy atom. The summed E-state index contributed by atoms with van der Waals surface area (Å²) in [5.41, 5.74) is 0.232. The molecule has 2 rings (SSSR count). The van der Waals surface area contributed by atoms with E-state index in [1.165, 1.54) is 27.4 Å². The summed E-state index contributed by atoms with van der Waals surface area (Å²) in [6.45, 7) is 0. The van der Waals surface area contributed by atoms with Gasteiger partial charge < -0.3 is 18.9 Å². The fourth-order valence-corrected chi connectivity index (χ4v) is 2.14. The van der Waals surface area contributed by atoms with E-state index in [0.717, 1.165) is 0 Å². The molecule has 0 spiro atoms. The van der Waals surface area contributed by atoms with Crippen LogP contribution in [0.1, 0.15) is 10.4 Å². The predicted octanol–water partition coefficient (Wildman–Crippen LogP) is 2.84. The standard InChI is InChI=1S/C14H13BrN2O5/c1-19-10-7-11(20-2)17-14(16-10)22-9-6-4-5-8(15)12(9)13(18)21-3/h4-7H,1-3H3. The summed E-state index contributed by atoms with van der Waals surface area (Å²) < 4.78 is 21.0. The molecule has 1 aromatic carbocycles. The van der Waals surface area contributed by atoms with Gasteiger partial charge in [-0.3, -0.25) is 0 Å². The van der Waals surface area contributed by atoms with Crippen molar-refractivity contribution in [3.05, 3.63) is 34.3 Å². The number of methoxy groups -OCH3 is 3. The number of hydrogen-bond acceptors (Lipinski definition) is 7. The van der Waals surface area contributed by atoms with E-state index in [0.29, 0.717) is 4.47 Å². The number of rotatable bonds is 5. The van der Waals surface area contributed by atoms with E-state index >= 15 is 0 Å². The lowest BCUT2D eigenvalue weighted by atomic mass is 10.2. The topological polar surface area (TPSA) is 79.8 Å². The highest BCUT2D eigenvalue weighted by molar-refractivity contribution is 9.10. The van der Waals surface area contributed by atoms with Gasteiger partial charge in [0.25, 0.3) is 0 Å². The molecule has 0 amide bonds. The highest BCUT2D eigenvalue weighted by Crippen LogP contribution is 2.31. The van der Waals surface area contributed by atoms with Crippen molar-refractivity contribution in [2.24, 2.45) is 0 Å². The van der Waals surface area contributed by atoms with Gasteiger partial charge in [0, 0.05) is 4.47 Å². The summed E-state index contributed by atoms with van der Waals surface area (Å²) in [6.07, 6.45) is 0. The summed E-state index contributed by atoms with van der Waals surface area (Å²) in [7, 11) is 4.21. The number of ether oxygens (including phenoxy) is 4. The summed E-state index contributed by atoms with van der Waals surface area (Å²) in [5, 5.41) is 0. The minimum absolute atomic E-state index is 0.0144. The van der Waals surface area contributed by atoms with E-state index in [1.807, 2.05) is 0 Å². The molecule has 8 heteroatoms. The van der Waals surface area contributed by atoms with Crippen molar-refractivity contribution in [3.63, 3.8) is 0 Å². The number of aromatic nitrogens is 2. The summed E-state index contributed by atoms with van der Waals surface area (Å²) in [6, 6.07) is 6.51. The van der Waals surface area contributed by atoms with E-state index in [4.69, 9.17) is 18.9 Å². The lowest BCUT2D eigenvalue weighted by Crippen LogP contribution is -2.06. The Balaban J connectivity index is 2.43. The largest absolute Gasteiger partial charge is 0.481 e. The maximum atomic E-state index is 11.9. The van der Waals surface area contributed by atoms with Crippen molar-refractivity contribution in [2.75, 3.05) is 21.3 Å². The van der Waals surface area contributed by atoms with Gasteiger partial charge in [0.15, 0.2) is 0 Å². The van der Waals surface area contributed by atoms with Crippen molar-refractivity contribution in [2.45, 2.75) is 0 Å². The van der Waals surface area contributed by atoms with Crippen molar-refractivity contribution in [1.29, 1.82) is 0 Å². The van der Waals surface area contributed by atoms with Gasteiger partial charge in [-0.1, -0.05) is 6.07 Å². The highest BCUT2D eigenvalue weighted by Gasteiger charge is 2.19. The molecule has 22 heavy (non-hydrogen) atoms. The summed E-state index contributed by atoms with van der Waals surface area (Å²) in [4.78, 5) is 20.0. The molecular weight excluding hydrogens is 356 g/mol. The smallest absolute Gasteiger partial charge is 0.342 e. The molecule has 1 heterocycles. The molecular formula is C14H13BrN2O5. The SMILES string of the molecule is COC(=O)c1c(Br)cccc1Oc1nc(OC)cc(OC)n1. The third-order valence-corrected chi connectivity index (χ3v) is 3.30. The van der Waals surface area contributed by atoms with Gasteiger partial charge in [-0.2, -0.15) is 9.97 Å². The van der Waals surface area contributed by atoms with E-state index in [-0.39, 0.29) is 29.1 Å². The van der Waals surface area contributed by atoms with Crippen LogP contribution in [-0.2, 0) is 4.74 Å². The molecule has 0 atom stereocenters. The number of carbonyl (C=O) groups is 1. The Labute approximate surface area is 135 Å². The van der Waals surface area contributed by atoms with E-state index in [9.17, 15) is 4.79 Å². The second-order valence-electron chi connectivity index (χ2n) is 3.94. The van der Waals surface area contributed by atoms with Gasteiger partial charge in [0.05, 0.1) is 27.4 Å². The molecule has 0 unspecified atom stereocenters. The zero-order valence-corrected chi connectivity index (χ0v) is 13.7. The van der Waals surface area contributed by atoms with Crippen LogP contribution < -0.4 is 14.2 Å². The number of hydrogen-bond donors (Lipinski definition) is 0. The molecule has 0 saturated carbocycles. The van der Waals surface area contributed by atoms with Gasteiger partial charge in [0.2, 0.25) is 11.8 Å². The lowest BCUT2D eigenvalue weighted by molar-refractivity contribution is 0.0596. The van der Waals surface area contributed by atoms with Crippen LogP contribution in [0.25, 0.3) is 0 Å². The van der Waals surface area contributed by atoms with Crippen LogP contribution in [0.15, 0.2) is 28.7 Å². The van der Waals surface area contributed by atoms with Crippen LogP contribution >= 0.6 is 15.9 Å². The van der Waals surface area contributed by atoms with Crippen LogP contribution in [-0.4, -0.2) is 37.3 Å². The van der Waals surface area contributed by atoms with Crippen molar-refractivity contribution >= 4 is 21.9 Å². The van der Waals surface area contributed by atoms with Gasteiger partial charge >= 0.3 is 12.0 Å². The van der Waals surface area contributed by atoms with Crippen molar-refractivity contribution < 1.29 is 23.7 Å². The Morgan fingerprint density at radius 2 is 1.73 bits per heavy atom. The maximum absolute atomic E-state index is 11.9. The molecule has 0 aliphatic heterocycles. The third kappa shape index (κ3) is 3.45. The quantitative estimate of drug-likeness (QED) is 0.750. The lowest BCUT2D eigenvalue weighted by Gasteiger charge is -2.11. The summed E-state index contributed by atoms with van der Waals surface area (Å²) >= 11 is 3.29. The monoisotopic (exact) mass is 368 g/mol. The van der Waals surface area contributed by atoms with Crippen molar-refractivity contribution in [1.82, 2.24) is 9.97 Å². The molecule has 0 aliphatic rings. The number of halogens is 1. The molecule has 7 nitrogen and oxygen atoms in total. The highest BCUT2D eigenvalue weighted by atomic mass is 79.9. The predicted molar refractivity (Wildman–Crippen MR) is 80.7 cm³/mol. The normalized spacial score (nSPS) is 10.0. The molecule has 2 aromatic rings. The van der Waals surface area contributed by atoms with Crippen LogP contribution in [0.2, 0.25) is 0 Å². The first-order valence-electron chi connectivity index (χ1n) is 6.10. The van der Waals surface area contributed by atoms with Crippen LogP contribution in [0.4, 0.5) is 0 Å². The summed E-state index contributed by atoms with van der Waals surface area (Å²) in [5.74, 6) is 0.252. The van der Waals surface area contributed by atoms with Crippen molar-refractivity contribution in [3.8, 4) is 23.5 Å². The number of esters is 1. The third-order valence-electron chi connectivity index (χ3n) is 2.64. The van der Waals surface area contributed by atoms with Gasteiger partial charge in [0.1, 0.15) is 11.3 Å². The number of nitrogens with zero attached hydrogens (tertiary/aromatic N) is 2. The Bertz CT molecular complexity index is 671. The molecule has 0 fully saturated rings. The van der Waals surface area contributed by atoms with Crippen LogP contribution in [0.5, 0.6) is 23.5 Å². The second-order valence-corrected chi connectivity index (χ2v) is 4.80. The zero-order valence-electron chi connectivity index (χ0n) is 12.1. The molecule has 0 N–H and O–H groups in total. The molecule has 116 valence electrons. The average molecular weight is 369 g/mol.